The third-order valence-electron chi connectivity index (χ3n) is 4.39. The fraction of sp³-hybridized carbons (Fsp3) is 0.500. The predicted octanol–water partition coefficient (Wildman–Crippen LogP) is 4.86. The lowest BCUT2D eigenvalue weighted by molar-refractivity contribution is 0.178. The average Bonchev–Trinajstić information content (AvgIpc) is 2.37. The zero-order chi connectivity index (χ0) is 14.2. The van der Waals surface area contributed by atoms with Crippen LogP contribution in [0.15, 0.2) is 36.5 Å². The first-order chi connectivity index (χ1) is 9.53. The fourth-order valence-corrected chi connectivity index (χ4v) is 3.91. The summed E-state index contributed by atoms with van der Waals surface area (Å²) in [6.07, 6.45) is 5.70. The third-order valence-corrected chi connectivity index (χ3v) is 4.39. The number of aromatic nitrogens is 1. The van der Waals surface area contributed by atoms with Crippen molar-refractivity contribution < 1.29 is 0 Å². The minimum absolute atomic E-state index is 0.443. The van der Waals surface area contributed by atoms with Crippen LogP contribution in [0.5, 0.6) is 0 Å². The van der Waals surface area contributed by atoms with Crippen molar-refractivity contribution in [2.24, 2.45) is 11.3 Å². The van der Waals surface area contributed by atoms with E-state index in [0.717, 1.165) is 11.4 Å². The van der Waals surface area contributed by atoms with Crippen molar-refractivity contribution in [3.8, 4) is 0 Å². The van der Waals surface area contributed by atoms with Gasteiger partial charge in [0.15, 0.2) is 0 Å². The van der Waals surface area contributed by atoms with Crippen molar-refractivity contribution in [2.45, 2.75) is 46.1 Å². The van der Waals surface area contributed by atoms with E-state index in [9.17, 15) is 0 Å². The maximum absolute atomic E-state index is 4.44. The Labute approximate surface area is 121 Å². The second-order valence-electron chi connectivity index (χ2n) is 7.13. The maximum Gasteiger partial charge on any atom is 0.0722 e. The summed E-state index contributed by atoms with van der Waals surface area (Å²) in [7, 11) is 0. The van der Waals surface area contributed by atoms with Crippen LogP contribution in [0.3, 0.4) is 0 Å². The molecule has 2 nitrogen and oxygen atoms in total. The molecule has 0 amide bonds. The number of fused-ring (bicyclic) bond motifs is 1. The summed E-state index contributed by atoms with van der Waals surface area (Å²) in [4.78, 5) is 4.44. The number of anilines is 1. The van der Waals surface area contributed by atoms with Crippen LogP contribution in [-0.2, 0) is 0 Å². The summed E-state index contributed by atoms with van der Waals surface area (Å²) in [5.41, 5.74) is 2.74. The maximum atomic E-state index is 4.44. The number of rotatable bonds is 2. The van der Waals surface area contributed by atoms with Gasteiger partial charge in [-0.05, 0) is 54.9 Å². The Hall–Kier alpha value is -1.57. The van der Waals surface area contributed by atoms with E-state index in [0.29, 0.717) is 11.5 Å². The first-order valence-corrected chi connectivity index (χ1v) is 7.64. The van der Waals surface area contributed by atoms with Crippen LogP contribution >= 0.6 is 0 Å². The molecular weight excluding hydrogens is 244 g/mol. The lowest BCUT2D eigenvalue weighted by Crippen LogP contribution is -2.35. The van der Waals surface area contributed by atoms with E-state index in [-0.39, 0.29) is 0 Å². The van der Waals surface area contributed by atoms with E-state index >= 15 is 0 Å². The van der Waals surface area contributed by atoms with Crippen LogP contribution < -0.4 is 5.32 Å². The average molecular weight is 268 g/mol. The summed E-state index contributed by atoms with van der Waals surface area (Å²) in [5, 5.41) is 5.00. The Morgan fingerprint density at radius 1 is 1.15 bits per heavy atom. The molecule has 2 unspecified atom stereocenters. The molecule has 1 aliphatic carbocycles. The van der Waals surface area contributed by atoms with Gasteiger partial charge >= 0.3 is 0 Å². The Morgan fingerprint density at radius 2 is 2.00 bits per heavy atom. The number of nitrogens with zero attached hydrogens (tertiary/aromatic N) is 1. The molecular formula is C18H24N2. The van der Waals surface area contributed by atoms with E-state index in [2.05, 4.69) is 55.3 Å². The van der Waals surface area contributed by atoms with E-state index in [1.807, 2.05) is 12.3 Å². The van der Waals surface area contributed by atoms with Crippen molar-refractivity contribution in [1.82, 2.24) is 4.98 Å². The first kappa shape index (κ1) is 13.4. The molecule has 1 aromatic heterocycles. The Bertz CT molecular complexity index is 598. The van der Waals surface area contributed by atoms with E-state index in [4.69, 9.17) is 0 Å². The molecule has 0 spiro atoms. The summed E-state index contributed by atoms with van der Waals surface area (Å²) < 4.78 is 0. The molecule has 106 valence electrons. The fourth-order valence-electron chi connectivity index (χ4n) is 3.91. The molecule has 1 N–H and O–H groups in total. The van der Waals surface area contributed by atoms with Gasteiger partial charge in [-0.1, -0.05) is 26.8 Å². The van der Waals surface area contributed by atoms with Gasteiger partial charge in [-0.25, -0.2) is 0 Å². The number of nitrogens with one attached hydrogen (secondary N) is 1. The topological polar surface area (TPSA) is 24.9 Å². The zero-order valence-electron chi connectivity index (χ0n) is 12.7. The van der Waals surface area contributed by atoms with Gasteiger partial charge in [0.05, 0.1) is 5.52 Å². The number of hydrogen-bond acceptors (Lipinski definition) is 2. The van der Waals surface area contributed by atoms with Crippen LogP contribution in [0.2, 0.25) is 0 Å². The molecule has 1 aliphatic rings. The summed E-state index contributed by atoms with van der Waals surface area (Å²) >= 11 is 0. The van der Waals surface area contributed by atoms with E-state index in [1.165, 1.54) is 30.3 Å². The standard InChI is InChI=1S/C18H24N2/c1-13-10-14(12-18(2,3)11-13)20-17-8-4-7-16-15(17)6-5-9-19-16/h4-9,13-14,20H,10-12H2,1-3H3. The molecule has 0 bridgehead atoms. The van der Waals surface area contributed by atoms with Crippen LogP contribution in [-0.4, -0.2) is 11.0 Å². The van der Waals surface area contributed by atoms with Crippen LogP contribution in [0.4, 0.5) is 5.69 Å². The molecule has 2 atom stereocenters. The molecule has 1 heterocycles. The highest BCUT2D eigenvalue weighted by molar-refractivity contribution is 5.91. The second-order valence-corrected chi connectivity index (χ2v) is 7.13. The molecule has 1 aromatic carbocycles. The minimum atomic E-state index is 0.443. The lowest BCUT2D eigenvalue weighted by atomic mass is 9.70. The Morgan fingerprint density at radius 3 is 2.80 bits per heavy atom. The monoisotopic (exact) mass is 268 g/mol. The molecule has 1 saturated carbocycles. The molecule has 20 heavy (non-hydrogen) atoms. The van der Waals surface area contributed by atoms with Crippen molar-refractivity contribution in [3.05, 3.63) is 36.5 Å². The normalized spacial score (nSPS) is 25.6. The highest BCUT2D eigenvalue weighted by Gasteiger charge is 2.32. The highest BCUT2D eigenvalue weighted by Crippen LogP contribution is 2.40. The van der Waals surface area contributed by atoms with E-state index < -0.39 is 0 Å². The van der Waals surface area contributed by atoms with Gasteiger partial charge in [0.25, 0.3) is 0 Å². The molecule has 3 rings (SSSR count). The largest absolute Gasteiger partial charge is 0.382 e. The van der Waals surface area contributed by atoms with Crippen LogP contribution in [0, 0.1) is 11.3 Å². The zero-order valence-corrected chi connectivity index (χ0v) is 12.7. The summed E-state index contributed by atoms with van der Waals surface area (Å²) in [6.45, 7) is 7.16. The van der Waals surface area contributed by atoms with Crippen molar-refractivity contribution in [3.63, 3.8) is 0 Å². The predicted molar refractivity (Wildman–Crippen MR) is 85.9 cm³/mol. The smallest absolute Gasteiger partial charge is 0.0722 e. The summed E-state index contributed by atoms with van der Waals surface area (Å²) in [6, 6.07) is 11.1. The molecule has 2 aromatic rings. The molecule has 0 aliphatic heterocycles. The number of benzene rings is 1. The van der Waals surface area contributed by atoms with Crippen molar-refractivity contribution >= 4 is 16.6 Å². The molecule has 0 saturated heterocycles. The number of hydrogen-bond donors (Lipinski definition) is 1. The van der Waals surface area contributed by atoms with Gasteiger partial charge in [-0.2, -0.15) is 0 Å². The molecule has 1 fully saturated rings. The molecule has 2 heteroatoms. The van der Waals surface area contributed by atoms with Gasteiger partial charge < -0.3 is 5.32 Å². The quantitative estimate of drug-likeness (QED) is 0.841. The van der Waals surface area contributed by atoms with Crippen molar-refractivity contribution in [1.29, 1.82) is 0 Å². The Balaban J connectivity index is 1.86. The van der Waals surface area contributed by atoms with Gasteiger partial charge in [0.2, 0.25) is 0 Å². The van der Waals surface area contributed by atoms with E-state index in [1.54, 1.807) is 0 Å². The molecule has 0 radical (unpaired) electrons. The van der Waals surface area contributed by atoms with Crippen molar-refractivity contribution in [2.75, 3.05) is 5.32 Å². The second kappa shape index (κ2) is 5.08. The van der Waals surface area contributed by atoms with Gasteiger partial charge in [-0.3, -0.25) is 4.98 Å². The van der Waals surface area contributed by atoms with Gasteiger partial charge in [0, 0.05) is 23.3 Å². The SMILES string of the molecule is CC1CC(Nc2cccc3ncccc23)CC(C)(C)C1. The summed E-state index contributed by atoms with van der Waals surface area (Å²) in [5.74, 6) is 0.796. The first-order valence-electron chi connectivity index (χ1n) is 7.64. The van der Waals surface area contributed by atoms with Gasteiger partial charge in [-0.15, -0.1) is 0 Å². The minimum Gasteiger partial charge on any atom is -0.382 e. The number of pyridine rings is 1. The van der Waals surface area contributed by atoms with Crippen LogP contribution in [0.25, 0.3) is 10.9 Å². The van der Waals surface area contributed by atoms with Crippen LogP contribution in [0.1, 0.15) is 40.0 Å². The lowest BCUT2D eigenvalue weighted by Gasteiger charge is -2.39. The van der Waals surface area contributed by atoms with Gasteiger partial charge in [0.1, 0.15) is 0 Å². The third kappa shape index (κ3) is 2.79. The highest BCUT2D eigenvalue weighted by atomic mass is 14.9. The Kier molecular flexibility index (Phi) is 3.41.